The molecule has 0 unspecified atom stereocenters. The number of thioether (sulfide) groups is 1. The highest BCUT2D eigenvalue weighted by atomic mass is 32.2. The van der Waals surface area contributed by atoms with Crippen molar-refractivity contribution in [3.8, 4) is 0 Å². The van der Waals surface area contributed by atoms with Crippen molar-refractivity contribution in [1.29, 1.82) is 0 Å². The van der Waals surface area contributed by atoms with Crippen LogP contribution >= 0.6 is 23.1 Å². The van der Waals surface area contributed by atoms with Crippen LogP contribution in [0.3, 0.4) is 0 Å². The minimum Gasteiger partial charge on any atom is -0.370 e. The molecule has 0 saturated carbocycles. The number of pyridine rings is 1. The second-order valence-corrected chi connectivity index (χ2v) is 9.43. The number of rotatable bonds is 6. The number of nitrogens with one attached hydrogen (secondary N) is 1. The summed E-state index contributed by atoms with van der Waals surface area (Å²) in [6, 6.07) is 5.97. The molecule has 4 rings (SSSR count). The Morgan fingerprint density at radius 3 is 2.96 bits per heavy atom. The van der Waals surface area contributed by atoms with Gasteiger partial charge in [0.1, 0.15) is 10.6 Å². The highest BCUT2D eigenvalue weighted by molar-refractivity contribution is 7.99. The highest BCUT2D eigenvalue weighted by Gasteiger charge is 2.31. The molecule has 27 heavy (non-hydrogen) atoms. The number of ether oxygens (including phenoxy) is 1. The standard InChI is InChI=1S/C20H24N4OS2/c1-4-9-26-19-23-17(22-11-13-7-5-6-8-21-13)16-14-10-20(2,3)25-12-15(14)27-18(16)24-19/h5-8H,4,9-12H2,1-3H3,(H,22,23,24). The third-order valence-corrected chi connectivity index (χ3v) is 6.66. The monoisotopic (exact) mass is 400 g/mol. The van der Waals surface area contributed by atoms with Crippen molar-refractivity contribution in [3.63, 3.8) is 0 Å². The first-order valence-corrected chi connectivity index (χ1v) is 11.1. The minimum absolute atomic E-state index is 0.158. The molecule has 1 N–H and O–H groups in total. The van der Waals surface area contributed by atoms with Crippen molar-refractivity contribution in [3.05, 3.63) is 40.5 Å². The first-order chi connectivity index (χ1) is 13.1. The maximum absolute atomic E-state index is 6.01. The Kier molecular flexibility index (Phi) is 5.34. The minimum atomic E-state index is -0.158. The average molecular weight is 401 g/mol. The summed E-state index contributed by atoms with van der Waals surface area (Å²) >= 11 is 3.45. The van der Waals surface area contributed by atoms with Crippen LogP contribution in [0.5, 0.6) is 0 Å². The Morgan fingerprint density at radius 2 is 2.19 bits per heavy atom. The molecule has 7 heteroatoms. The lowest BCUT2D eigenvalue weighted by Gasteiger charge is -2.30. The molecule has 0 fully saturated rings. The van der Waals surface area contributed by atoms with Gasteiger partial charge in [0.2, 0.25) is 0 Å². The van der Waals surface area contributed by atoms with E-state index < -0.39 is 0 Å². The molecule has 0 spiro atoms. The van der Waals surface area contributed by atoms with Crippen molar-refractivity contribution in [1.82, 2.24) is 15.0 Å². The predicted octanol–water partition coefficient (Wildman–Crippen LogP) is 5.05. The SMILES string of the molecule is CCCSc1nc(NCc2ccccn2)c2c3c(sc2n1)COC(C)(C)C3. The zero-order valence-electron chi connectivity index (χ0n) is 15.9. The largest absolute Gasteiger partial charge is 0.370 e. The van der Waals surface area contributed by atoms with Gasteiger partial charge in [-0.05, 0) is 38.0 Å². The Bertz CT molecular complexity index is 940. The van der Waals surface area contributed by atoms with Crippen LogP contribution in [0.25, 0.3) is 10.2 Å². The van der Waals surface area contributed by atoms with Gasteiger partial charge in [-0.1, -0.05) is 24.8 Å². The van der Waals surface area contributed by atoms with Crippen molar-refractivity contribution in [2.24, 2.45) is 0 Å². The molecule has 1 aliphatic heterocycles. The summed E-state index contributed by atoms with van der Waals surface area (Å²) in [6.07, 6.45) is 3.80. The van der Waals surface area contributed by atoms with E-state index in [1.165, 1.54) is 10.4 Å². The Balaban J connectivity index is 1.74. The van der Waals surface area contributed by atoms with Crippen LogP contribution in [-0.2, 0) is 24.3 Å². The third-order valence-electron chi connectivity index (χ3n) is 4.51. The third kappa shape index (κ3) is 4.10. The predicted molar refractivity (Wildman–Crippen MR) is 113 cm³/mol. The molecule has 0 radical (unpaired) electrons. The van der Waals surface area contributed by atoms with E-state index in [9.17, 15) is 0 Å². The van der Waals surface area contributed by atoms with E-state index in [4.69, 9.17) is 14.7 Å². The summed E-state index contributed by atoms with van der Waals surface area (Å²) in [7, 11) is 0. The number of fused-ring (bicyclic) bond motifs is 3. The van der Waals surface area contributed by atoms with Crippen LogP contribution in [0, 0.1) is 0 Å². The molecule has 3 aromatic rings. The molecule has 0 atom stereocenters. The number of hydrogen-bond donors (Lipinski definition) is 1. The molecule has 1 aliphatic rings. The van der Waals surface area contributed by atoms with Gasteiger partial charge >= 0.3 is 0 Å². The summed E-state index contributed by atoms with van der Waals surface area (Å²) in [6.45, 7) is 7.77. The zero-order chi connectivity index (χ0) is 18.9. The van der Waals surface area contributed by atoms with Gasteiger partial charge in [-0.15, -0.1) is 11.3 Å². The van der Waals surface area contributed by atoms with E-state index in [2.05, 4.69) is 31.1 Å². The maximum Gasteiger partial charge on any atom is 0.190 e. The van der Waals surface area contributed by atoms with Crippen molar-refractivity contribution < 1.29 is 4.74 Å². The average Bonchev–Trinajstić information content (AvgIpc) is 3.02. The van der Waals surface area contributed by atoms with Crippen molar-refractivity contribution in [2.75, 3.05) is 11.1 Å². The van der Waals surface area contributed by atoms with Crippen LogP contribution in [0.1, 0.15) is 43.3 Å². The lowest BCUT2D eigenvalue weighted by molar-refractivity contribution is -0.0379. The topological polar surface area (TPSA) is 59.9 Å². The first kappa shape index (κ1) is 18.7. The lowest BCUT2D eigenvalue weighted by atomic mass is 9.94. The van der Waals surface area contributed by atoms with Gasteiger partial charge in [0.05, 0.1) is 29.8 Å². The second kappa shape index (κ2) is 7.73. The van der Waals surface area contributed by atoms with Gasteiger partial charge in [-0.25, -0.2) is 9.97 Å². The quantitative estimate of drug-likeness (QED) is 0.461. The van der Waals surface area contributed by atoms with Gasteiger partial charge in [-0.2, -0.15) is 0 Å². The van der Waals surface area contributed by atoms with Crippen molar-refractivity contribution >= 4 is 39.1 Å². The van der Waals surface area contributed by atoms with Crippen LogP contribution in [0.15, 0.2) is 29.6 Å². The van der Waals surface area contributed by atoms with E-state index in [0.29, 0.717) is 13.2 Å². The van der Waals surface area contributed by atoms with Gasteiger partial charge < -0.3 is 10.1 Å². The molecular weight excluding hydrogens is 376 g/mol. The first-order valence-electron chi connectivity index (χ1n) is 9.28. The van der Waals surface area contributed by atoms with E-state index in [-0.39, 0.29) is 5.60 Å². The summed E-state index contributed by atoms with van der Waals surface area (Å²) in [4.78, 5) is 16.4. The van der Waals surface area contributed by atoms with Crippen LogP contribution in [-0.4, -0.2) is 26.3 Å². The second-order valence-electron chi connectivity index (χ2n) is 7.29. The smallest absolute Gasteiger partial charge is 0.190 e. The molecule has 0 aliphatic carbocycles. The van der Waals surface area contributed by atoms with Gasteiger partial charge in [0.15, 0.2) is 5.16 Å². The molecule has 0 bridgehead atoms. The molecule has 3 aromatic heterocycles. The summed E-state index contributed by atoms with van der Waals surface area (Å²) in [5.41, 5.74) is 2.18. The number of anilines is 1. The Morgan fingerprint density at radius 1 is 1.30 bits per heavy atom. The summed E-state index contributed by atoms with van der Waals surface area (Å²) < 4.78 is 6.01. The van der Waals surface area contributed by atoms with Gasteiger partial charge in [0, 0.05) is 23.2 Å². The van der Waals surface area contributed by atoms with E-state index >= 15 is 0 Å². The summed E-state index contributed by atoms with van der Waals surface area (Å²) in [5, 5.41) is 5.52. The fraction of sp³-hybridized carbons (Fsp3) is 0.450. The lowest BCUT2D eigenvalue weighted by Crippen LogP contribution is -2.31. The zero-order valence-corrected chi connectivity index (χ0v) is 17.5. The fourth-order valence-electron chi connectivity index (χ4n) is 3.19. The highest BCUT2D eigenvalue weighted by Crippen LogP contribution is 2.41. The molecule has 4 heterocycles. The summed E-state index contributed by atoms with van der Waals surface area (Å²) in [5.74, 6) is 1.94. The molecular formula is C20H24N4OS2. The van der Waals surface area contributed by atoms with Crippen LogP contribution in [0.2, 0.25) is 0 Å². The van der Waals surface area contributed by atoms with Gasteiger partial charge in [-0.3, -0.25) is 4.98 Å². The normalized spacial score (nSPS) is 15.7. The number of thiophene rings is 1. The van der Waals surface area contributed by atoms with E-state index in [0.717, 1.165) is 45.5 Å². The van der Waals surface area contributed by atoms with Crippen LogP contribution in [0.4, 0.5) is 5.82 Å². The maximum atomic E-state index is 6.01. The number of nitrogens with zero attached hydrogens (tertiary/aromatic N) is 3. The molecule has 0 amide bonds. The molecule has 0 saturated heterocycles. The van der Waals surface area contributed by atoms with E-state index in [1.54, 1.807) is 23.1 Å². The molecule has 0 aromatic carbocycles. The van der Waals surface area contributed by atoms with Gasteiger partial charge in [0.25, 0.3) is 0 Å². The Labute approximate surface area is 168 Å². The van der Waals surface area contributed by atoms with Crippen LogP contribution < -0.4 is 5.32 Å². The van der Waals surface area contributed by atoms with E-state index in [1.807, 2.05) is 24.4 Å². The molecule has 5 nitrogen and oxygen atoms in total. The van der Waals surface area contributed by atoms with Crippen molar-refractivity contribution in [2.45, 2.75) is 57.5 Å². The Hall–Kier alpha value is -1.70. The number of aromatic nitrogens is 3. The number of hydrogen-bond acceptors (Lipinski definition) is 7. The molecule has 142 valence electrons. The fourth-order valence-corrected chi connectivity index (χ4v) is 5.05.